The molecule has 1 aromatic heterocycles. The van der Waals surface area contributed by atoms with Gasteiger partial charge in [0.05, 0.1) is 11.6 Å². The molecule has 1 aliphatic carbocycles. The van der Waals surface area contributed by atoms with Gasteiger partial charge in [-0.25, -0.2) is 14.4 Å². The topological polar surface area (TPSA) is 75.0 Å². The monoisotopic (exact) mass is 550 g/mol. The molecule has 1 saturated heterocycles. The van der Waals surface area contributed by atoms with Crippen LogP contribution in [0, 0.1) is 12.7 Å². The van der Waals surface area contributed by atoms with E-state index in [2.05, 4.69) is 49.5 Å². The number of rotatable bonds is 8. The highest BCUT2D eigenvalue weighted by Gasteiger charge is 2.30. The second-order valence-electron chi connectivity index (χ2n) is 9.31. The molecule has 3 aromatic rings. The fraction of sp³-hybridized carbons (Fsp3) is 0.400. The summed E-state index contributed by atoms with van der Waals surface area (Å²) in [5.74, 6) is 1.09. The van der Waals surface area contributed by atoms with Crippen LogP contribution < -0.4 is 15.0 Å². The predicted octanol–water partition coefficient (Wildman–Crippen LogP) is 6.72. The summed E-state index contributed by atoms with van der Waals surface area (Å²) in [7, 11) is 0. The van der Waals surface area contributed by atoms with E-state index in [1.807, 2.05) is 32.9 Å². The molecule has 0 spiro atoms. The Morgan fingerprint density at radius 3 is 2.64 bits per heavy atom. The van der Waals surface area contributed by atoms with Crippen LogP contribution in [0.2, 0.25) is 5.02 Å². The van der Waals surface area contributed by atoms with Gasteiger partial charge in [-0.1, -0.05) is 50.2 Å². The number of hydrogen-bond acceptors (Lipinski definition) is 6. The lowest BCUT2D eigenvalue weighted by Crippen LogP contribution is -2.44. The molecule has 2 heterocycles. The maximum absolute atomic E-state index is 16.5. The lowest BCUT2D eigenvalue weighted by atomic mass is 9.91. The first kappa shape index (κ1) is 28.6. The summed E-state index contributed by atoms with van der Waals surface area (Å²) < 4.78 is 22.4. The van der Waals surface area contributed by atoms with E-state index in [4.69, 9.17) is 16.3 Å². The zero-order chi connectivity index (χ0) is 27.9. The van der Waals surface area contributed by atoms with Gasteiger partial charge in [0.2, 0.25) is 0 Å². The number of nitrogens with one attached hydrogen (secondary N) is 1. The third-order valence-corrected chi connectivity index (χ3v) is 7.11. The van der Waals surface area contributed by atoms with Crippen LogP contribution in [0.15, 0.2) is 47.0 Å². The number of nitrogens with zero attached hydrogens (tertiary/aromatic N) is 5. The molecule has 206 valence electrons. The highest BCUT2D eigenvalue weighted by atomic mass is 35.5. The van der Waals surface area contributed by atoms with Gasteiger partial charge >= 0.3 is 6.01 Å². The highest BCUT2D eigenvalue weighted by molar-refractivity contribution is 6.34. The molecule has 2 fully saturated rings. The molecule has 7 nitrogen and oxygen atoms in total. The van der Waals surface area contributed by atoms with Crippen molar-refractivity contribution in [1.82, 2.24) is 15.3 Å². The average Bonchev–Trinajstić information content (AvgIpc) is 3.80. The van der Waals surface area contributed by atoms with Gasteiger partial charge in [0.25, 0.3) is 0 Å². The quantitative estimate of drug-likeness (QED) is 0.249. The normalized spacial score (nSPS) is 15.5. The lowest BCUT2D eigenvalue weighted by Gasteiger charge is -2.29. The van der Waals surface area contributed by atoms with Crippen LogP contribution in [-0.2, 0) is 0 Å². The number of benzene rings is 2. The minimum absolute atomic E-state index is 0.0995. The van der Waals surface area contributed by atoms with Crippen LogP contribution in [-0.4, -0.2) is 55.3 Å². The Morgan fingerprint density at radius 1 is 1.23 bits per heavy atom. The maximum atomic E-state index is 16.5. The lowest BCUT2D eigenvalue weighted by molar-refractivity contribution is 0.303. The van der Waals surface area contributed by atoms with Crippen molar-refractivity contribution < 1.29 is 9.13 Å². The number of aromatic nitrogens is 2. The predicted molar refractivity (Wildman–Crippen MR) is 160 cm³/mol. The van der Waals surface area contributed by atoms with Crippen LogP contribution in [0.3, 0.4) is 0 Å². The standard InChI is InChI=1S/C28H30ClFN6O.C2H6/c1-4-33-22(31-3)10-15-37-28-34-26-20(27(35-28)36-13-11-32-12-14-36)16-21(29)24(25(26)30)23-17(2)6-5-7-19(23)18-8-9-18;1-2/h4-7,16,18,32H,1,3,8-15H2,2H3;1-2H3. The molecule has 0 bridgehead atoms. The van der Waals surface area contributed by atoms with Crippen LogP contribution in [0.25, 0.3) is 22.0 Å². The van der Waals surface area contributed by atoms with E-state index in [9.17, 15) is 0 Å². The van der Waals surface area contributed by atoms with Crippen LogP contribution in [0.4, 0.5) is 10.2 Å². The number of amidine groups is 1. The molecule has 0 amide bonds. The zero-order valence-corrected chi connectivity index (χ0v) is 23.7. The van der Waals surface area contributed by atoms with Gasteiger partial charge in [-0.05, 0) is 55.2 Å². The van der Waals surface area contributed by atoms with E-state index < -0.39 is 5.82 Å². The largest absolute Gasteiger partial charge is 0.463 e. The fourth-order valence-electron chi connectivity index (χ4n) is 4.86. The number of aliphatic imine (C=N–C) groups is 2. The Morgan fingerprint density at radius 2 is 1.97 bits per heavy atom. The van der Waals surface area contributed by atoms with E-state index >= 15 is 4.39 Å². The van der Waals surface area contributed by atoms with Crippen molar-refractivity contribution in [3.63, 3.8) is 0 Å². The van der Waals surface area contributed by atoms with Crippen molar-refractivity contribution in [3.8, 4) is 17.1 Å². The Bertz CT molecular complexity index is 1380. The SMILES string of the molecule is C=CN=C(CCOc1nc(N2CCNCC2)c2cc(Cl)c(-c3c(C)cccc3C3CC3)c(F)c2n1)N=C.CC. The maximum Gasteiger partial charge on any atom is 0.319 e. The van der Waals surface area contributed by atoms with Crippen LogP contribution in [0.1, 0.15) is 50.2 Å². The first-order valence-corrected chi connectivity index (χ1v) is 13.9. The van der Waals surface area contributed by atoms with Gasteiger partial charge in [0.1, 0.15) is 17.2 Å². The Hall–Kier alpha value is -3.36. The van der Waals surface area contributed by atoms with Crippen molar-refractivity contribution in [2.45, 2.75) is 46.0 Å². The second kappa shape index (κ2) is 13.1. The van der Waals surface area contributed by atoms with E-state index in [0.717, 1.165) is 55.7 Å². The number of halogens is 2. The zero-order valence-electron chi connectivity index (χ0n) is 22.9. The number of hydrogen-bond donors (Lipinski definition) is 1. The third-order valence-electron chi connectivity index (χ3n) is 6.81. The number of fused-ring (bicyclic) bond motifs is 1. The van der Waals surface area contributed by atoms with Crippen molar-refractivity contribution in [3.05, 3.63) is 59.0 Å². The van der Waals surface area contributed by atoms with Gasteiger partial charge in [-0.2, -0.15) is 9.97 Å². The van der Waals surface area contributed by atoms with Crippen molar-refractivity contribution in [2.24, 2.45) is 9.98 Å². The molecule has 2 aliphatic rings. The van der Waals surface area contributed by atoms with E-state index in [-0.39, 0.29) is 18.1 Å². The summed E-state index contributed by atoms with van der Waals surface area (Å²) in [6, 6.07) is 8.00. The molecule has 2 aromatic carbocycles. The minimum atomic E-state index is -0.455. The van der Waals surface area contributed by atoms with Gasteiger partial charge < -0.3 is 15.0 Å². The summed E-state index contributed by atoms with van der Waals surface area (Å²) in [5.41, 5.74) is 3.58. The van der Waals surface area contributed by atoms with Crippen molar-refractivity contribution in [1.29, 1.82) is 0 Å². The minimum Gasteiger partial charge on any atom is -0.463 e. The van der Waals surface area contributed by atoms with Crippen molar-refractivity contribution >= 4 is 40.9 Å². The molecule has 1 aliphatic heterocycles. The van der Waals surface area contributed by atoms with Gasteiger partial charge in [0, 0.05) is 49.7 Å². The summed E-state index contributed by atoms with van der Waals surface area (Å²) in [4.78, 5) is 19.3. The molecule has 0 unspecified atom stereocenters. The van der Waals surface area contributed by atoms with E-state index in [1.54, 1.807) is 6.07 Å². The highest BCUT2D eigenvalue weighted by Crippen LogP contribution is 2.48. The summed E-state index contributed by atoms with van der Waals surface area (Å²) in [5, 5.41) is 4.27. The Balaban J connectivity index is 0.00000172. The van der Waals surface area contributed by atoms with Gasteiger partial charge in [-0.3, -0.25) is 0 Å². The van der Waals surface area contributed by atoms with Gasteiger partial charge in [0.15, 0.2) is 5.82 Å². The fourth-order valence-corrected chi connectivity index (χ4v) is 5.15. The van der Waals surface area contributed by atoms with E-state index in [0.29, 0.717) is 40.0 Å². The molecule has 0 radical (unpaired) electrons. The molecule has 0 atom stereocenters. The molecule has 9 heteroatoms. The van der Waals surface area contributed by atoms with E-state index in [1.165, 1.54) is 6.20 Å². The molecular weight excluding hydrogens is 515 g/mol. The Kier molecular flexibility index (Phi) is 9.64. The first-order chi connectivity index (χ1) is 19.0. The number of piperazine rings is 1. The molecule has 1 saturated carbocycles. The molecule has 1 N–H and O–H groups in total. The second-order valence-corrected chi connectivity index (χ2v) is 9.72. The summed E-state index contributed by atoms with van der Waals surface area (Å²) in [6.45, 7) is 16.4. The number of aryl methyl sites for hydroxylation is 1. The molecule has 5 rings (SSSR count). The molecular formula is C30H36ClFN6O. The van der Waals surface area contributed by atoms with Gasteiger partial charge in [-0.15, -0.1) is 0 Å². The summed E-state index contributed by atoms with van der Waals surface area (Å²) >= 11 is 6.83. The number of anilines is 1. The van der Waals surface area contributed by atoms with Crippen LogP contribution >= 0.6 is 11.6 Å². The average molecular weight is 551 g/mol. The first-order valence-electron chi connectivity index (χ1n) is 13.5. The smallest absolute Gasteiger partial charge is 0.319 e. The Labute approximate surface area is 234 Å². The number of ether oxygens (including phenoxy) is 1. The van der Waals surface area contributed by atoms with Crippen molar-refractivity contribution in [2.75, 3.05) is 37.7 Å². The molecule has 39 heavy (non-hydrogen) atoms. The third kappa shape index (κ3) is 6.28. The van der Waals surface area contributed by atoms with Crippen LogP contribution in [0.5, 0.6) is 6.01 Å². The summed E-state index contributed by atoms with van der Waals surface area (Å²) in [6.07, 6.45) is 4.00.